The largest absolute Gasteiger partial charge is 0.429 e. The summed E-state index contributed by atoms with van der Waals surface area (Å²) in [6.45, 7) is 9.94. The smallest absolute Gasteiger partial charge is 0.333 e. The Balaban J connectivity index is 1.50. The highest BCUT2D eigenvalue weighted by molar-refractivity contribution is 5.85. The maximum atomic E-state index is 11.7. The number of fused-ring (bicyclic) bond motifs is 5. The first-order valence-electron chi connectivity index (χ1n) is 11.9. The van der Waals surface area contributed by atoms with Crippen LogP contribution in [0.15, 0.2) is 11.6 Å². The Morgan fingerprint density at radius 1 is 1.00 bits per heavy atom. The second-order valence-electron chi connectivity index (χ2n) is 12.1. The molecule has 2 heterocycles. The molecule has 5 rings (SSSR count). The molecule has 2 aliphatic heterocycles. The van der Waals surface area contributed by atoms with Gasteiger partial charge in [0.1, 0.15) is 0 Å². The van der Waals surface area contributed by atoms with Crippen molar-refractivity contribution in [3.63, 3.8) is 0 Å². The van der Waals surface area contributed by atoms with Crippen LogP contribution in [-0.4, -0.2) is 40.8 Å². The Bertz CT molecular complexity index is 774. The van der Waals surface area contributed by atoms with Gasteiger partial charge in [-0.2, -0.15) is 0 Å². The van der Waals surface area contributed by atoms with Crippen LogP contribution in [0.3, 0.4) is 0 Å². The molecule has 0 aromatic carbocycles. The van der Waals surface area contributed by atoms with E-state index in [-0.39, 0.29) is 24.0 Å². The molecule has 0 spiro atoms. The molecule has 3 aliphatic carbocycles. The molecule has 2 N–H and O–H groups in total. The number of carbonyl (C=O) groups is 1. The lowest BCUT2D eigenvalue weighted by molar-refractivity contribution is -0.212. The Labute approximate surface area is 180 Å². The number of carbonyl (C=O) groups excluding carboxylic acids is 1. The zero-order chi connectivity index (χ0) is 21.5. The highest BCUT2D eigenvalue weighted by atomic mass is 16.6. The van der Waals surface area contributed by atoms with Crippen molar-refractivity contribution in [2.75, 3.05) is 6.61 Å². The maximum absolute atomic E-state index is 11.7. The summed E-state index contributed by atoms with van der Waals surface area (Å²) in [4.78, 5) is 11.7. The Kier molecular flexibility index (Phi) is 4.58. The molecule has 0 amide bonds. The predicted molar refractivity (Wildman–Crippen MR) is 112 cm³/mol. The molecule has 5 aliphatic rings. The van der Waals surface area contributed by atoms with Crippen LogP contribution in [0.1, 0.15) is 79.1 Å². The van der Waals surface area contributed by atoms with E-state index in [1.54, 1.807) is 0 Å². The summed E-state index contributed by atoms with van der Waals surface area (Å²) in [5, 5.41) is 20.7. The first kappa shape index (κ1) is 21.0. The minimum absolute atomic E-state index is 0.000289. The Hall–Kier alpha value is -0.910. The fraction of sp³-hybridized carbons (Fsp3) is 0.880. The van der Waals surface area contributed by atoms with Crippen molar-refractivity contribution in [2.24, 2.45) is 34.0 Å². The van der Waals surface area contributed by atoms with Gasteiger partial charge in [-0.1, -0.05) is 34.1 Å². The fourth-order valence-corrected chi connectivity index (χ4v) is 9.20. The number of rotatable bonds is 2. The predicted octanol–water partition coefficient (Wildman–Crippen LogP) is 3.97. The minimum Gasteiger partial charge on any atom is -0.429 e. The molecule has 3 saturated carbocycles. The van der Waals surface area contributed by atoms with Gasteiger partial charge in [0, 0.05) is 11.6 Å². The average molecular weight is 419 g/mol. The summed E-state index contributed by atoms with van der Waals surface area (Å²) in [5.74, 6) is 1.10. The van der Waals surface area contributed by atoms with E-state index in [0.29, 0.717) is 22.3 Å². The van der Waals surface area contributed by atoms with Crippen molar-refractivity contribution in [1.82, 2.24) is 0 Å². The molecular weight excluding hydrogens is 380 g/mol. The van der Waals surface area contributed by atoms with Crippen molar-refractivity contribution in [2.45, 2.75) is 97.1 Å². The molecule has 0 aromatic heterocycles. The quantitative estimate of drug-likeness (QED) is 0.664. The van der Waals surface area contributed by atoms with E-state index < -0.39 is 17.9 Å². The second kappa shape index (κ2) is 6.55. The van der Waals surface area contributed by atoms with Crippen LogP contribution in [0.4, 0.5) is 0 Å². The maximum Gasteiger partial charge on any atom is 0.333 e. The van der Waals surface area contributed by atoms with Gasteiger partial charge in [0.25, 0.3) is 0 Å². The molecule has 4 fully saturated rings. The molecular formula is C25H38O5. The van der Waals surface area contributed by atoms with Gasteiger partial charge in [-0.05, 0) is 78.9 Å². The molecule has 0 bridgehead atoms. The van der Waals surface area contributed by atoms with E-state index in [1.807, 2.05) is 0 Å². The van der Waals surface area contributed by atoms with Gasteiger partial charge in [0.15, 0.2) is 0 Å². The van der Waals surface area contributed by atoms with Crippen LogP contribution in [-0.2, 0) is 14.3 Å². The number of ether oxygens (including phenoxy) is 2. The van der Waals surface area contributed by atoms with Gasteiger partial charge in [-0.3, -0.25) is 0 Å². The van der Waals surface area contributed by atoms with E-state index in [1.165, 1.54) is 38.2 Å². The number of cyclic esters (lactones) is 1. The van der Waals surface area contributed by atoms with Crippen LogP contribution in [0.5, 0.6) is 0 Å². The zero-order valence-corrected chi connectivity index (χ0v) is 18.9. The zero-order valence-electron chi connectivity index (χ0n) is 18.9. The number of hydrogen-bond donors (Lipinski definition) is 2. The van der Waals surface area contributed by atoms with Gasteiger partial charge >= 0.3 is 5.97 Å². The monoisotopic (exact) mass is 418 g/mol. The molecule has 0 unspecified atom stereocenters. The minimum atomic E-state index is -1.21. The standard InChI is InChI=1S/C25H38O5/c1-22(2)8-5-9-23(3)17(22)6-10-24(4)18(23)7-11-25(14-26)19(24)13-16(30-25)15-12-20(27)29-21(15)28/h12,16-19,21,26,28H,5-11,13-14H2,1-4H3/t16-,17+,18-,19+,21-,23+,24-,25-/m1/s1. The Morgan fingerprint density at radius 3 is 2.37 bits per heavy atom. The molecule has 1 saturated heterocycles. The molecule has 8 atom stereocenters. The van der Waals surface area contributed by atoms with E-state index in [4.69, 9.17) is 9.47 Å². The molecule has 5 nitrogen and oxygen atoms in total. The van der Waals surface area contributed by atoms with Crippen LogP contribution in [0.2, 0.25) is 0 Å². The fourth-order valence-electron chi connectivity index (χ4n) is 9.20. The highest BCUT2D eigenvalue weighted by Gasteiger charge is 2.67. The van der Waals surface area contributed by atoms with Gasteiger partial charge in [-0.25, -0.2) is 4.79 Å². The number of aliphatic hydroxyl groups excluding tert-OH is 2. The first-order valence-corrected chi connectivity index (χ1v) is 11.9. The summed E-state index contributed by atoms with van der Waals surface area (Å²) in [6, 6.07) is 0. The third-order valence-corrected chi connectivity index (χ3v) is 10.4. The molecule has 0 aromatic rings. The molecule has 30 heavy (non-hydrogen) atoms. The Morgan fingerprint density at radius 2 is 1.70 bits per heavy atom. The van der Waals surface area contributed by atoms with Gasteiger partial charge in [-0.15, -0.1) is 0 Å². The van der Waals surface area contributed by atoms with Crippen LogP contribution in [0.25, 0.3) is 0 Å². The lowest BCUT2D eigenvalue weighted by atomic mass is 9.38. The third kappa shape index (κ3) is 2.67. The molecule has 5 heteroatoms. The van der Waals surface area contributed by atoms with Crippen molar-refractivity contribution in [3.8, 4) is 0 Å². The summed E-state index contributed by atoms with van der Waals surface area (Å²) >= 11 is 0. The summed E-state index contributed by atoms with van der Waals surface area (Å²) in [6.07, 6.45) is 8.85. The average Bonchev–Trinajstić information content (AvgIpc) is 3.21. The van der Waals surface area contributed by atoms with Crippen LogP contribution < -0.4 is 0 Å². The topological polar surface area (TPSA) is 76.0 Å². The third-order valence-electron chi connectivity index (χ3n) is 10.4. The second-order valence-corrected chi connectivity index (χ2v) is 12.1. The SMILES string of the molecule is CC1(C)CCC[C@]2(C)[C@H]3CC[C@]4(CO)O[C@@H](C5=CC(=O)O[C@H]5O)C[C@H]4[C@]3(C)CC[C@@H]12. The highest BCUT2D eigenvalue weighted by Crippen LogP contribution is 2.71. The van der Waals surface area contributed by atoms with Gasteiger partial charge in [0.05, 0.1) is 18.3 Å². The van der Waals surface area contributed by atoms with Crippen LogP contribution in [0, 0.1) is 34.0 Å². The summed E-state index contributed by atoms with van der Waals surface area (Å²) < 4.78 is 11.4. The lowest BCUT2D eigenvalue weighted by Crippen LogP contribution is -2.62. The number of aliphatic hydroxyl groups is 2. The van der Waals surface area contributed by atoms with E-state index in [2.05, 4.69) is 27.7 Å². The number of esters is 1. The van der Waals surface area contributed by atoms with E-state index in [0.717, 1.165) is 25.2 Å². The van der Waals surface area contributed by atoms with Crippen molar-refractivity contribution in [3.05, 3.63) is 11.6 Å². The number of hydrogen-bond acceptors (Lipinski definition) is 5. The molecule has 168 valence electrons. The van der Waals surface area contributed by atoms with Crippen molar-refractivity contribution in [1.29, 1.82) is 0 Å². The van der Waals surface area contributed by atoms with Gasteiger partial charge < -0.3 is 19.7 Å². The first-order chi connectivity index (χ1) is 14.1. The van der Waals surface area contributed by atoms with Crippen molar-refractivity contribution >= 4 is 5.97 Å². The normalized spacial score (nSPS) is 52.1. The van der Waals surface area contributed by atoms with E-state index >= 15 is 0 Å². The lowest BCUT2D eigenvalue weighted by Gasteiger charge is -2.67. The summed E-state index contributed by atoms with van der Waals surface area (Å²) in [5.41, 5.74) is 0.782. The molecule has 0 radical (unpaired) electrons. The van der Waals surface area contributed by atoms with Gasteiger partial charge in [0.2, 0.25) is 6.29 Å². The van der Waals surface area contributed by atoms with Crippen LogP contribution >= 0.6 is 0 Å². The summed E-state index contributed by atoms with van der Waals surface area (Å²) in [7, 11) is 0. The van der Waals surface area contributed by atoms with Crippen molar-refractivity contribution < 1.29 is 24.5 Å². The van der Waals surface area contributed by atoms with E-state index in [9.17, 15) is 15.0 Å².